The first-order chi connectivity index (χ1) is 14.2. The molecule has 2 aliphatic rings. The Balaban J connectivity index is 1.30. The van der Waals surface area contributed by atoms with E-state index in [0.29, 0.717) is 12.5 Å². The number of rotatable bonds is 4. The van der Waals surface area contributed by atoms with Gasteiger partial charge in [0.05, 0.1) is 17.6 Å². The average molecular weight is 397 g/mol. The van der Waals surface area contributed by atoms with E-state index in [1.807, 2.05) is 30.1 Å². The van der Waals surface area contributed by atoms with Crippen molar-refractivity contribution in [1.82, 2.24) is 25.1 Å². The number of nitrogens with zero attached hydrogens (tertiary/aromatic N) is 4. The Kier molecular flexibility index (Phi) is 6.02. The molecule has 0 radical (unpaired) electrons. The van der Waals surface area contributed by atoms with Gasteiger partial charge in [0.25, 0.3) is 0 Å². The number of imidazole rings is 1. The molecule has 1 unspecified atom stereocenters. The Morgan fingerprint density at radius 2 is 2.00 bits per heavy atom. The van der Waals surface area contributed by atoms with Gasteiger partial charge in [-0.1, -0.05) is 31.4 Å². The number of carbonyl (C=O) groups is 1. The van der Waals surface area contributed by atoms with Crippen LogP contribution in [-0.4, -0.2) is 52.5 Å². The molecule has 7 nitrogen and oxygen atoms in total. The molecule has 4 rings (SSSR count). The molecule has 1 saturated heterocycles. The molecule has 2 aromatic rings. The molecule has 0 spiro atoms. The molecule has 0 bridgehead atoms. The molecule has 1 aliphatic heterocycles. The number of carbonyl (C=O) groups excluding carboxylic acids is 1. The van der Waals surface area contributed by atoms with Gasteiger partial charge in [-0.05, 0) is 31.4 Å². The summed E-state index contributed by atoms with van der Waals surface area (Å²) in [7, 11) is 3.82. The lowest BCUT2D eigenvalue weighted by molar-refractivity contribution is -0.135. The van der Waals surface area contributed by atoms with Crippen LogP contribution >= 0.6 is 0 Å². The molecule has 1 aliphatic carbocycles. The fourth-order valence-electron chi connectivity index (χ4n) is 4.59. The molecule has 2 N–H and O–H groups in total. The van der Waals surface area contributed by atoms with Crippen LogP contribution in [0, 0.1) is 5.92 Å². The molecular weight excluding hydrogens is 364 g/mol. The van der Waals surface area contributed by atoms with Crippen LogP contribution in [0.25, 0.3) is 11.0 Å². The van der Waals surface area contributed by atoms with Gasteiger partial charge >= 0.3 is 0 Å². The zero-order chi connectivity index (χ0) is 20.2. The average Bonchev–Trinajstić information content (AvgIpc) is 3.36. The van der Waals surface area contributed by atoms with Crippen LogP contribution in [0.2, 0.25) is 0 Å². The Bertz CT molecular complexity index is 883. The number of nitrogens with one attached hydrogen (secondary N) is 2. The van der Waals surface area contributed by atoms with Gasteiger partial charge in [-0.15, -0.1) is 0 Å². The fourth-order valence-corrected chi connectivity index (χ4v) is 4.59. The van der Waals surface area contributed by atoms with E-state index in [2.05, 4.69) is 26.3 Å². The van der Waals surface area contributed by atoms with Gasteiger partial charge in [0.15, 0.2) is 5.96 Å². The number of likely N-dealkylation sites (tertiary alicyclic amines) is 1. The number of fused-ring (bicyclic) bond motifs is 1. The van der Waals surface area contributed by atoms with Crippen molar-refractivity contribution in [2.75, 3.05) is 20.1 Å². The molecule has 1 aromatic heterocycles. The summed E-state index contributed by atoms with van der Waals surface area (Å²) >= 11 is 0. The highest BCUT2D eigenvalue weighted by Crippen LogP contribution is 2.26. The van der Waals surface area contributed by atoms with Gasteiger partial charge in [-0.25, -0.2) is 4.98 Å². The number of para-hydroxylation sites is 2. The van der Waals surface area contributed by atoms with E-state index in [1.165, 1.54) is 19.3 Å². The third-order valence-corrected chi connectivity index (χ3v) is 6.31. The first-order valence-corrected chi connectivity index (χ1v) is 10.8. The number of hydrogen-bond donors (Lipinski definition) is 2. The number of aromatic nitrogens is 2. The van der Waals surface area contributed by atoms with Crippen LogP contribution in [0.4, 0.5) is 0 Å². The number of aryl methyl sites for hydroxylation is 1. The van der Waals surface area contributed by atoms with Crippen LogP contribution in [0.1, 0.15) is 44.3 Å². The SMILES string of the molecule is CN=C(NCc1nc2ccccc2n1C)NC1CCN(C(=O)C2CCCCC2)C1. The molecule has 1 aromatic carbocycles. The van der Waals surface area contributed by atoms with Crippen molar-refractivity contribution in [3.63, 3.8) is 0 Å². The highest BCUT2D eigenvalue weighted by atomic mass is 16.2. The van der Waals surface area contributed by atoms with Crippen molar-refractivity contribution in [2.24, 2.45) is 18.0 Å². The predicted molar refractivity (Wildman–Crippen MR) is 116 cm³/mol. The number of aliphatic imine (C=N–C) groups is 1. The Morgan fingerprint density at radius 3 is 2.76 bits per heavy atom. The maximum absolute atomic E-state index is 12.8. The second kappa shape index (κ2) is 8.84. The third-order valence-electron chi connectivity index (χ3n) is 6.31. The number of hydrogen-bond acceptors (Lipinski definition) is 3. The zero-order valence-corrected chi connectivity index (χ0v) is 17.5. The van der Waals surface area contributed by atoms with Crippen molar-refractivity contribution in [2.45, 2.75) is 51.1 Å². The van der Waals surface area contributed by atoms with E-state index >= 15 is 0 Å². The summed E-state index contributed by atoms with van der Waals surface area (Å²) in [6, 6.07) is 8.39. The maximum Gasteiger partial charge on any atom is 0.225 e. The van der Waals surface area contributed by atoms with Crippen LogP contribution in [0.15, 0.2) is 29.3 Å². The topological polar surface area (TPSA) is 74.6 Å². The Morgan fingerprint density at radius 1 is 1.21 bits per heavy atom. The summed E-state index contributed by atoms with van der Waals surface area (Å²) in [5.74, 6) is 2.33. The van der Waals surface area contributed by atoms with Gasteiger partial charge in [-0.3, -0.25) is 9.79 Å². The van der Waals surface area contributed by atoms with E-state index in [-0.39, 0.29) is 12.0 Å². The van der Waals surface area contributed by atoms with Gasteiger partial charge in [-0.2, -0.15) is 0 Å². The predicted octanol–water partition coefficient (Wildman–Crippen LogP) is 2.42. The first kappa shape index (κ1) is 19.7. The van der Waals surface area contributed by atoms with E-state index in [0.717, 1.165) is 55.2 Å². The van der Waals surface area contributed by atoms with Crippen molar-refractivity contribution in [3.05, 3.63) is 30.1 Å². The third kappa shape index (κ3) is 4.38. The summed E-state index contributed by atoms with van der Waals surface area (Å²) in [5, 5.41) is 6.86. The van der Waals surface area contributed by atoms with Crippen molar-refractivity contribution < 1.29 is 4.79 Å². The number of amides is 1. The summed E-state index contributed by atoms with van der Waals surface area (Å²) < 4.78 is 2.11. The lowest BCUT2D eigenvalue weighted by Gasteiger charge is -2.26. The smallest absolute Gasteiger partial charge is 0.225 e. The molecule has 2 heterocycles. The second-order valence-corrected chi connectivity index (χ2v) is 8.25. The molecular formula is C22H32N6O. The molecule has 29 heavy (non-hydrogen) atoms. The molecule has 156 valence electrons. The summed E-state index contributed by atoms with van der Waals surface area (Å²) in [4.78, 5) is 23.9. The summed E-state index contributed by atoms with van der Waals surface area (Å²) in [6.07, 6.45) is 6.77. The lowest BCUT2D eigenvalue weighted by atomic mass is 9.88. The second-order valence-electron chi connectivity index (χ2n) is 8.25. The molecule has 2 fully saturated rings. The molecule has 1 atom stereocenters. The van der Waals surface area contributed by atoms with Crippen molar-refractivity contribution >= 4 is 22.9 Å². The van der Waals surface area contributed by atoms with E-state index < -0.39 is 0 Å². The van der Waals surface area contributed by atoms with Gasteiger partial charge in [0, 0.05) is 39.1 Å². The molecule has 7 heteroatoms. The van der Waals surface area contributed by atoms with E-state index in [1.54, 1.807) is 7.05 Å². The molecule has 1 amide bonds. The van der Waals surface area contributed by atoms with Crippen LogP contribution < -0.4 is 10.6 Å². The number of guanidine groups is 1. The Hall–Kier alpha value is -2.57. The van der Waals surface area contributed by atoms with E-state index in [4.69, 9.17) is 4.98 Å². The highest BCUT2D eigenvalue weighted by Gasteiger charge is 2.31. The summed E-state index contributed by atoms with van der Waals surface area (Å²) in [6.45, 7) is 2.21. The zero-order valence-electron chi connectivity index (χ0n) is 17.5. The van der Waals surface area contributed by atoms with Crippen molar-refractivity contribution in [3.8, 4) is 0 Å². The van der Waals surface area contributed by atoms with Crippen molar-refractivity contribution in [1.29, 1.82) is 0 Å². The van der Waals surface area contributed by atoms with Gasteiger partial charge < -0.3 is 20.1 Å². The van der Waals surface area contributed by atoms with Crippen LogP contribution in [0.5, 0.6) is 0 Å². The first-order valence-electron chi connectivity index (χ1n) is 10.8. The Labute approximate surface area is 172 Å². The number of benzene rings is 1. The minimum atomic E-state index is 0.245. The largest absolute Gasteiger partial charge is 0.352 e. The standard InChI is InChI=1S/C22H32N6O/c1-23-22(24-14-20-26-18-10-6-7-11-19(18)27(20)2)25-17-12-13-28(15-17)21(29)16-8-4-3-5-9-16/h6-7,10-11,16-17H,3-5,8-9,12-15H2,1-2H3,(H2,23,24,25). The van der Waals surface area contributed by atoms with Crippen LogP contribution in [-0.2, 0) is 18.4 Å². The van der Waals surface area contributed by atoms with Crippen LogP contribution in [0.3, 0.4) is 0 Å². The van der Waals surface area contributed by atoms with Gasteiger partial charge in [0.1, 0.15) is 5.82 Å². The minimum Gasteiger partial charge on any atom is -0.352 e. The quantitative estimate of drug-likeness (QED) is 0.615. The van der Waals surface area contributed by atoms with Gasteiger partial charge in [0.2, 0.25) is 5.91 Å². The normalized spacial score (nSPS) is 21.0. The maximum atomic E-state index is 12.8. The molecule has 1 saturated carbocycles. The lowest BCUT2D eigenvalue weighted by Crippen LogP contribution is -2.45. The summed E-state index contributed by atoms with van der Waals surface area (Å²) in [5.41, 5.74) is 2.13. The van der Waals surface area contributed by atoms with E-state index in [9.17, 15) is 4.79 Å². The fraction of sp³-hybridized carbons (Fsp3) is 0.591. The highest BCUT2D eigenvalue weighted by molar-refractivity contribution is 5.81. The monoisotopic (exact) mass is 396 g/mol. The minimum absolute atomic E-state index is 0.245.